The summed E-state index contributed by atoms with van der Waals surface area (Å²) in [5.41, 5.74) is 3.43. The van der Waals surface area contributed by atoms with Crippen LogP contribution in [-0.2, 0) is 16.0 Å². The maximum Gasteiger partial charge on any atom is 0.330 e. The summed E-state index contributed by atoms with van der Waals surface area (Å²) < 4.78 is 4.94. The first-order valence-corrected chi connectivity index (χ1v) is 7.07. The molecule has 1 unspecified atom stereocenters. The lowest BCUT2D eigenvalue weighted by molar-refractivity contribution is -0.142. The second-order valence-corrected chi connectivity index (χ2v) is 5.39. The van der Waals surface area contributed by atoms with Gasteiger partial charge in [-0.05, 0) is 37.5 Å². The lowest BCUT2D eigenvalue weighted by Crippen LogP contribution is -2.34. The Morgan fingerprint density at radius 3 is 2.45 bits per heavy atom. The molecule has 22 heavy (non-hydrogen) atoms. The fraction of sp³-hybridized carbons (Fsp3) is 0.294. The molecule has 5 heteroatoms. The molecule has 1 aromatic carbocycles. The molecule has 0 radical (unpaired) electrons. The maximum atomic E-state index is 12.0. The van der Waals surface area contributed by atoms with Crippen molar-refractivity contribution in [2.45, 2.75) is 32.7 Å². The van der Waals surface area contributed by atoms with E-state index in [1.165, 1.54) is 0 Å². The van der Waals surface area contributed by atoms with Gasteiger partial charge in [0.05, 0.1) is 12.5 Å². The van der Waals surface area contributed by atoms with E-state index in [9.17, 15) is 14.7 Å². The molecule has 0 bridgehead atoms. The smallest absolute Gasteiger partial charge is 0.330 e. The van der Waals surface area contributed by atoms with E-state index in [1.807, 2.05) is 19.9 Å². The first kappa shape index (κ1) is 15.8. The highest BCUT2D eigenvalue weighted by molar-refractivity contribution is 5.84. The zero-order valence-electron chi connectivity index (χ0n) is 12.6. The van der Waals surface area contributed by atoms with Crippen molar-refractivity contribution in [1.82, 2.24) is 5.32 Å². The highest BCUT2D eigenvalue weighted by Gasteiger charge is 2.22. The average Bonchev–Trinajstić information content (AvgIpc) is 2.94. The summed E-state index contributed by atoms with van der Waals surface area (Å²) in [6.07, 6.45) is 3.85. The van der Waals surface area contributed by atoms with Crippen molar-refractivity contribution in [2.75, 3.05) is 0 Å². The molecule has 0 aliphatic carbocycles. The lowest BCUT2D eigenvalue weighted by Gasteiger charge is -2.16. The van der Waals surface area contributed by atoms with Crippen molar-refractivity contribution < 1.29 is 19.1 Å². The van der Waals surface area contributed by atoms with Gasteiger partial charge in [0, 0.05) is 6.42 Å². The minimum Gasteiger partial charge on any atom is -0.479 e. The van der Waals surface area contributed by atoms with Crippen LogP contribution in [0.4, 0.5) is 0 Å². The average molecular weight is 301 g/mol. The Kier molecular flexibility index (Phi) is 4.99. The van der Waals surface area contributed by atoms with Crippen molar-refractivity contribution >= 4 is 11.9 Å². The van der Waals surface area contributed by atoms with Crippen molar-refractivity contribution in [1.29, 1.82) is 0 Å². The Hall–Kier alpha value is -2.56. The van der Waals surface area contributed by atoms with Gasteiger partial charge in [-0.3, -0.25) is 4.79 Å². The van der Waals surface area contributed by atoms with Gasteiger partial charge in [0.2, 0.25) is 5.91 Å². The number of aryl methyl sites for hydroxylation is 3. The molecule has 0 aliphatic rings. The first-order chi connectivity index (χ1) is 10.5. The van der Waals surface area contributed by atoms with Gasteiger partial charge in [0.1, 0.15) is 0 Å². The van der Waals surface area contributed by atoms with Gasteiger partial charge in [-0.15, -0.1) is 0 Å². The van der Waals surface area contributed by atoms with Gasteiger partial charge < -0.3 is 14.8 Å². The minimum absolute atomic E-state index is 0.216. The third kappa shape index (κ3) is 4.22. The Morgan fingerprint density at radius 2 is 1.91 bits per heavy atom. The summed E-state index contributed by atoms with van der Waals surface area (Å²) in [6, 6.07) is 6.27. The molecule has 1 amide bonds. The Labute approximate surface area is 129 Å². The van der Waals surface area contributed by atoms with Crippen LogP contribution >= 0.6 is 0 Å². The number of carboxylic acids is 1. The third-order valence-electron chi connectivity index (χ3n) is 3.35. The zero-order chi connectivity index (χ0) is 16.1. The summed E-state index contributed by atoms with van der Waals surface area (Å²) in [7, 11) is 0. The molecule has 0 spiro atoms. The van der Waals surface area contributed by atoms with E-state index in [0.29, 0.717) is 12.0 Å². The van der Waals surface area contributed by atoms with Crippen LogP contribution in [0.5, 0.6) is 0 Å². The van der Waals surface area contributed by atoms with Gasteiger partial charge in [0.25, 0.3) is 0 Å². The summed E-state index contributed by atoms with van der Waals surface area (Å²) >= 11 is 0. The van der Waals surface area contributed by atoms with Crippen LogP contribution in [0.15, 0.2) is 41.2 Å². The molecule has 0 fully saturated rings. The summed E-state index contributed by atoms with van der Waals surface area (Å²) in [6.45, 7) is 3.80. The first-order valence-electron chi connectivity index (χ1n) is 7.07. The van der Waals surface area contributed by atoms with Gasteiger partial charge in [-0.25, -0.2) is 4.79 Å². The van der Waals surface area contributed by atoms with Crippen LogP contribution < -0.4 is 5.32 Å². The minimum atomic E-state index is -1.07. The van der Waals surface area contributed by atoms with E-state index >= 15 is 0 Å². The SMILES string of the molecule is Cc1cc(C)cc(C(NC(=O)CCc2ccoc2)C(=O)O)c1. The predicted octanol–water partition coefficient (Wildman–Crippen LogP) is 2.77. The van der Waals surface area contributed by atoms with Crippen LogP contribution in [-0.4, -0.2) is 17.0 Å². The van der Waals surface area contributed by atoms with Crippen molar-refractivity contribution in [3.63, 3.8) is 0 Å². The molecule has 5 nitrogen and oxygen atoms in total. The Bertz CT molecular complexity index is 641. The third-order valence-corrected chi connectivity index (χ3v) is 3.35. The number of rotatable bonds is 6. The van der Waals surface area contributed by atoms with Gasteiger partial charge in [0.15, 0.2) is 6.04 Å². The van der Waals surface area contributed by atoms with Crippen LogP contribution in [0.1, 0.15) is 34.7 Å². The molecule has 0 aliphatic heterocycles. The van der Waals surface area contributed by atoms with E-state index < -0.39 is 12.0 Å². The second-order valence-electron chi connectivity index (χ2n) is 5.39. The summed E-state index contributed by atoms with van der Waals surface area (Å²) in [5.74, 6) is -1.37. The Morgan fingerprint density at radius 1 is 1.23 bits per heavy atom. The van der Waals surface area contributed by atoms with E-state index in [1.54, 1.807) is 30.7 Å². The van der Waals surface area contributed by atoms with Crippen LogP contribution in [0.25, 0.3) is 0 Å². The molecule has 1 atom stereocenters. The molecular weight excluding hydrogens is 282 g/mol. The van der Waals surface area contributed by atoms with E-state index in [-0.39, 0.29) is 12.3 Å². The predicted molar refractivity (Wildman–Crippen MR) is 81.5 cm³/mol. The largest absolute Gasteiger partial charge is 0.479 e. The molecule has 1 aromatic heterocycles. The van der Waals surface area contributed by atoms with E-state index in [2.05, 4.69) is 5.32 Å². The van der Waals surface area contributed by atoms with Crippen molar-refractivity contribution in [2.24, 2.45) is 0 Å². The van der Waals surface area contributed by atoms with Gasteiger partial charge in [-0.2, -0.15) is 0 Å². The summed E-state index contributed by atoms with van der Waals surface area (Å²) in [4.78, 5) is 23.5. The van der Waals surface area contributed by atoms with Gasteiger partial charge >= 0.3 is 5.97 Å². The molecule has 1 heterocycles. The highest BCUT2D eigenvalue weighted by Crippen LogP contribution is 2.18. The number of carboxylic acid groups (broad SMARTS) is 1. The number of amides is 1. The van der Waals surface area contributed by atoms with E-state index in [4.69, 9.17) is 4.42 Å². The molecule has 2 N–H and O–H groups in total. The second kappa shape index (κ2) is 6.93. The van der Waals surface area contributed by atoms with Gasteiger partial charge in [-0.1, -0.05) is 29.3 Å². The molecular formula is C17H19NO4. The molecule has 0 saturated carbocycles. The maximum absolute atomic E-state index is 12.0. The fourth-order valence-corrected chi connectivity index (χ4v) is 2.39. The molecule has 2 rings (SSSR count). The van der Waals surface area contributed by atoms with Crippen molar-refractivity contribution in [3.8, 4) is 0 Å². The molecule has 0 saturated heterocycles. The summed E-state index contributed by atoms with van der Waals surface area (Å²) in [5, 5.41) is 12.0. The normalized spacial score (nSPS) is 11.9. The number of nitrogens with one attached hydrogen (secondary N) is 1. The zero-order valence-corrected chi connectivity index (χ0v) is 12.6. The van der Waals surface area contributed by atoms with Crippen LogP contribution in [0.2, 0.25) is 0 Å². The standard InChI is InChI=1S/C17H19NO4/c1-11-7-12(2)9-14(8-11)16(17(20)21)18-15(19)4-3-13-5-6-22-10-13/h5-10,16H,3-4H2,1-2H3,(H,18,19)(H,20,21). The highest BCUT2D eigenvalue weighted by atomic mass is 16.4. The monoisotopic (exact) mass is 301 g/mol. The lowest BCUT2D eigenvalue weighted by atomic mass is 10.0. The fourth-order valence-electron chi connectivity index (χ4n) is 2.39. The number of hydrogen-bond acceptors (Lipinski definition) is 3. The quantitative estimate of drug-likeness (QED) is 0.860. The topological polar surface area (TPSA) is 79.5 Å². The number of carbonyl (C=O) groups is 2. The molecule has 116 valence electrons. The Balaban J connectivity index is 2.05. The number of hydrogen-bond donors (Lipinski definition) is 2. The number of aliphatic carboxylic acids is 1. The number of furan rings is 1. The van der Waals surface area contributed by atoms with Crippen molar-refractivity contribution in [3.05, 3.63) is 59.0 Å². The van der Waals surface area contributed by atoms with E-state index in [0.717, 1.165) is 16.7 Å². The van der Waals surface area contributed by atoms with Crippen LogP contribution in [0, 0.1) is 13.8 Å². The number of benzene rings is 1. The number of carbonyl (C=O) groups excluding carboxylic acids is 1. The molecule has 2 aromatic rings. The van der Waals surface area contributed by atoms with Crippen LogP contribution in [0.3, 0.4) is 0 Å².